The summed E-state index contributed by atoms with van der Waals surface area (Å²) in [5.41, 5.74) is 1.07. The fourth-order valence-electron chi connectivity index (χ4n) is 1.27. The first-order chi connectivity index (χ1) is 7.13. The van der Waals surface area contributed by atoms with E-state index in [0.717, 1.165) is 5.56 Å². The molecular formula is C12H14ClNO. The fraction of sp³-hybridized carbons (Fsp3) is 0.250. The van der Waals surface area contributed by atoms with Gasteiger partial charge in [0.25, 0.3) is 0 Å². The lowest BCUT2D eigenvalue weighted by Crippen LogP contribution is -2.28. The molecule has 0 fully saturated rings. The number of amides is 1. The third-order valence-corrected chi connectivity index (χ3v) is 2.33. The maximum Gasteiger partial charge on any atom is 0.220 e. The van der Waals surface area contributed by atoms with E-state index in [2.05, 4.69) is 6.58 Å². The minimum absolute atomic E-state index is 0.0462. The summed E-state index contributed by atoms with van der Waals surface area (Å²) < 4.78 is 0. The van der Waals surface area contributed by atoms with Crippen LogP contribution < -0.4 is 0 Å². The van der Waals surface area contributed by atoms with E-state index in [-0.39, 0.29) is 5.91 Å². The van der Waals surface area contributed by atoms with Crippen molar-refractivity contribution in [2.45, 2.75) is 13.5 Å². The van der Waals surface area contributed by atoms with Gasteiger partial charge in [0.2, 0.25) is 5.91 Å². The van der Waals surface area contributed by atoms with Crippen molar-refractivity contribution in [2.24, 2.45) is 0 Å². The summed E-state index contributed by atoms with van der Waals surface area (Å²) in [6, 6.07) is 7.48. The van der Waals surface area contributed by atoms with E-state index in [1.165, 1.54) is 0 Å². The highest BCUT2D eigenvalue weighted by Crippen LogP contribution is 2.11. The number of hydrogen-bond acceptors (Lipinski definition) is 1. The molecule has 0 unspecified atom stereocenters. The van der Waals surface area contributed by atoms with Gasteiger partial charge in [-0.25, -0.2) is 0 Å². The maximum absolute atomic E-state index is 11.3. The summed E-state index contributed by atoms with van der Waals surface area (Å²) in [4.78, 5) is 13.0. The van der Waals surface area contributed by atoms with Crippen molar-refractivity contribution in [1.29, 1.82) is 0 Å². The molecule has 3 heteroatoms. The van der Waals surface area contributed by atoms with Gasteiger partial charge in [-0.15, -0.1) is 6.58 Å². The number of halogens is 1. The predicted octanol–water partition coefficient (Wildman–Crippen LogP) is 2.87. The topological polar surface area (TPSA) is 20.3 Å². The lowest BCUT2D eigenvalue weighted by atomic mass is 10.2. The van der Waals surface area contributed by atoms with Gasteiger partial charge in [0.05, 0.1) is 0 Å². The first-order valence-electron chi connectivity index (χ1n) is 4.74. The van der Waals surface area contributed by atoms with Crippen LogP contribution in [-0.4, -0.2) is 17.4 Å². The zero-order valence-electron chi connectivity index (χ0n) is 8.74. The van der Waals surface area contributed by atoms with Crippen molar-refractivity contribution in [3.63, 3.8) is 0 Å². The van der Waals surface area contributed by atoms with Crippen LogP contribution in [0.1, 0.15) is 12.5 Å². The normalized spacial score (nSPS) is 9.73. The third-order valence-electron chi connectivity index (χ3n) is 2.08. The molecule has 0 aliphatic heterocycles. The highest BCUT2D eigenvalue weighted by atomic mass is 35.5. The molecule has 1 aromatic carbocycles. The molecule has 1 aromatic rings. The molecular weight excluding hydrogens is 210 g/mol. The largest absolute Gasteiger partial charge is 0.335 e. The number of hydrogen-bond donors (Lipinski definition) is 0. The molecule has 0 aromatic heterocycles. The minimum atomic E-state index is 0.0462. The summed E-state index contributed by atoms with van der Waals surface area (Å²) in [5, 5.41) is 0.705. The number of carbonyl (C=O) groups excluding carboxylic acids is 1. The smallest absolute Gasteiger partial charge is 0.220 e. The fourth-order valence-corrected chi connectivity index (χ4v) is 1.40. The zero-order valence-corrected chi connectivity index (χ0v) is 9.50. The summed E-state index contributed by atoms with van der Waals surface area (Å²) in [6.45, 7) is 6.34. The Kier molecular flexibility index (Phi) is 4.37. The second-order valence-electron chi connectivity index (χ2n) is 3.31. The zero-order chi connectivity index (χ0) is 11.3. The van der Waals surface area contributed by atoms with Crippen molar-refractivity contribution in [1.82, 2.24) is 4.90 Å². The van der Waals surface area contributed by atoms with Crippen molar-refractivity contribution < 1.29 is 4.79 Å². The van der Waals surface area contributed by atoms with Crippen LogP contribution in [0.15, 0.2) is 36.9 Å². The van der Waals surface area contributed by atoms with Crippen molar-refractivity contribution in [3.05, 3.63) is 47.5 Å². The SMILES string of the molecule is C=CCN(Cc1ccc(Cl)cc1)C(C)=O. The summed E-state index contributed by atoms with van der Waals surface area (Å²) >= 11 is 5.78. The van der Waals surface area contributed by atoms with E-state index in [9.17, 15) is 4.79 Å². The maximum atomic E-state index is 11.3. The Bertz CT molecular complexity index is 345. The van der Waals surface area contributed by atoms with Crippen molar-refractivity contribution >= 4 is 17.5 Å². The molecule has 0 heterocycles. The molecule has 0 atom stereocenters. The Balaban J connectivity index is 2.69. The van der Waals surface area contributed by atoms with E-state index in [4.69, 9.17) is 11.6 Å². The van der Waals surface area contributed by atoms with E-state index >= 15 is 0 Å². The minimum Gasteiger partial charge on any atom is -0.335 e. The molecule has 0 bridgehead atoms. The van der Waals surface area contributed by atoms with E-state index in [1.54, 1.807) is 17.9 Å². The molecule has 15 heavy (non-hydrogen) atoms. The van der Waals surface area contributed by atoms with Crippen LogP contribution in [0.3, 0.4) is 0 Å². The average molecular weight is 224 g/mol. The highest BCUT2D eigenvalue weighted by molar-refractivity contribution is 6.30. The lowest BCUT2D eigenvalue weighted by Gasteiger charge is -2.19. The highest BCUT2D eigenvalue weighted by Gasteiger charge is 2.06. The quantitative estimate of drug-likeness (QED) is 0.719. The molecule has 0 radical (unpaired) electrons. The molecule has 80 valence electrons. The Hall–Kier alpha value is -1.28. The second kappa shape index (κ2) is 5.56. The summed E-state index contributed by atoms with van der Waals surface area (Å²) in [7, 11) is 0. The Morgan fingerprint density at radius 1 is 1.47 bits per heavy atom. The van der Waals surface area contributed by atoms with Gasteiger partial charge in [0, 0.05) is 25.0 Å². The number of rotatable bonds is 4. The van der Waals surface area contributed by atoms with E-state index in [1.807, 2.05) is 24.3 Å². The van der Waals surface area contributed by atoms with Crippen molar-refractivity contribution in [3.8, 4) is 0 Å². The molecule has 0 saturated heterocycles. The summed E-state index contributed by atoms with van der Waals surface area (Å²) in [6.07, 6.45) is 1.72. The van der Waals surface area contributed by atoms with Crippen LogP contribution in [0.4, 0.5) is 0 Å². The predicted molar refractivity (Wildman–Crippen MR) is 62.7 cm³/mol. The summed E-state index contributed by atoms with van der Waals surface area (Å²) in [5.74, 6) is 0.0462. The number of benzene rings is 1. The molecule has 2 nitrogen and oxygen atoms in total. The molecule has 0 aliphatic rings. The van der Waals surface area contributed by atoms with Crippen LogP contribution in [0.2, 0.25) is 5.02 Å². The van der Waals surface area contributed by atoms with Gasteiger partial charge in [-0.3, -0.25) is 4.79 Å². The van der Waals surface area contributed by atoms with Gasteiger partial charge in [-0.1, -0.05) is 29.8 Å². The van der Waals surface area contributed by atoms with Gasteiger partial charge in [-0.2, -0.15) is 0 Å². The molecule has 0 aliphatic carbocycles. The van der Waals surface area contributed by atoms with Crippen LogP contribution in [0.25, 0.3) is 0 Å². The van der Waals surface area contributed by atoms with E-state index in [0.29, 0.717) is 18.1 Å². The van der Waals surface area contributed by atoms with Crippen molar-refractivity contribution in [2.75, 3.05) is 6.54 Å². The molecule has 1 amide bonds. The Morgan fingerprint density at radius 3 is 2.53 bits per heavy atom. The molecule has 0 saturated carbocycles. The second-order valence-corrected chi connectivity index (χ2v) is 3.75. The number of carbonyl (C=O) groups is 1. The molecule has 0 spiro atoms. The first-order valence-corrected chi connectivity index (χ1v) is 5.12. The third kappa shape index (κ3) is 3.76. The average Bonchev–Trinajstić information content (AvgIpc) is 2.20. The van der Waals surface area contributed by atoms with Gasteiger partial charge in [0.1, 0.15) is 0 Å². The van der Waals surface area contributed by atoms with Crippen LogP contribution in [0, 0.1) is 0 Å². The molecule has 0 N–H and O–H groups in total. The van der Waals surface area contributed by atoms with Gasteiger partial charge >= 0.3 is 0 Å². The van der Waals surface area contributed by atoms with Crippen LogP contribution >= 0.6 is 11.6 Å². The Morgan fingerprint density at radius 2 is 2.07 bits per heavy atom. The Labute approximate surface area is 95.2 Å². The van der Waals surface area contributed by atoms with Gasteiger partial charge in [-0.05, 0) is 17.7 Å². The first kappa shape index (κ1) is 11.8. The lowest BCUT2D eigenvalue weighted by molar-refractivity contribution is -0.128. The van der Waals surface area contributed by atoms with Crippen LogP contribution in [0.5, 0.6) is 0 Å². The monoisotopic (exact) mass is 223 g/mol. The molecule has 1 rings (SSSR count). The number of nitrogens with zero attached hydrogens (tertiary/aromatic N) is 1. The van der Waals surface area contributed by atoms with E-state index < -0.39 is 0 Å². The van der Waals surface area contributed by atoms with Gasteiger partial charge in [0.15, 0.2) is 0 Å². The van der Waals surface area contributed by atoms with Crippen LogP contribution in [-0.2, 0) is 11.3 Å². The standard InChI is InChI=1S/C12H14ClNO/c1-3-8-14(10(2)15)9-11-4-6-12(13)7-5-11/h3-7H,1,8-9H2,2H3. The van der Waals surface area contributed by atoms with Gasteiger partial charge < -0.3 is 4.90 Å².